The molecule has 2 aromatic carbocycles. The average Bonchev–Trinajstić information content (AvgIpc) is 2.36. The van der Waals surface area contributed by atoms with E-state index in [0.717, 1.165) is 22.3 Å². The summed E-state index contributed by atoms with van der Waals surface area (Å²) in [6.45, 7) is 5.47. The molecule has 0 aromatic heterocycles. The average molecular weight is 228 g/mol. The SMILES string of the molecule is Cc1c(O)c(C)c(-c2ccccc2)c(C)c1O. The Morgan fingerprint density at radius 2 is 1.18 bits per heavy atom. The fourth-order valence-corrected chi connectivity index (χ4v) is 2.23. The molecule has 0 heterocycles. The van der Waals surface area contributed by atoms with Gasteiger partial charge in [-0.3, -0.25) is 0 Å². The standard InChI is InChI=1S/C15H16O2/c1-9-13(12-7-5-4-6-8-12)10(2)15(17)11(3)14(9)16/h4-8,16-17H,1-3H3. The van der Waals surface area contributed by atoms with Crippen LogP contribution in [0.25, 0.3) is 11.1 Å². The maximum atomic E-state index is 9.99. The number of rotatable bonds is 1. The first-order valence-electron chi connectivity index (χ1n) is 5.61. The molecule has 0 radical (unpaired) electrons. The molecule has 0 spiro atoms. The highest BCUT2D eigenvalue weighted by molar-refractivity contribution is 5.77. The molecular weight excluding hydrogens is 212 g/mol. The van der Waals surface area contributed by atoms with Crippen LogP contribution in [0.1, 0.15) is 16.7 Å². The van der Waals surface area contributed by atoms with Crippen LogP contribution in [0.15, 0.2) is 30.3 Å². The van der Waals surface area contributed by atoms with Gasteiger partial charge in [-0.1, -0.05) is 30.3 Å². The Labute approximate surface area is 101 Å². The number of benzene rings is 2. The summed E-state index contributed by atoms with van der Waals surface area (Å²) in [6.07, 6.45) is 0. The Balaban J connectivity index is 2.80. The molecule has 2 nitrogen and oxygen atoms in total. The lowest BCUT2D eigenvalue weighted by molar-refractivity contribution is 0.438. The van der Waals surface area contributed by atoms with Crippen LogP contribution in [0.2, 0.25) is 0 Å². The molecule has 0 aliphatic rings. The first kappa shape index (κ1) is 11.5. The van der Waals surface area contributed by atoms with E-state index in [9.17, 15) is 10.2 Å². The van der Waals surface area contributed by atoms with E-state index in [4.69, 9.17) is 0 Å². The molecule has 2 rings (SSSR count). The molecule has 0 saturated heterocycles. The van der Waals surface area contributed by atoms with Crippen LogP contribution in [-0.2, 0) is 0 Å². The summed E-state index contributed by atoms with van der Waals surface area (Å²) < 4.78 is 0. The van der Waals surface area contributed by atoms with Crippen LogP contribution < -0.4 is 0 Å². The van der Waals surface area contributed by atoms with Crippen molar-refractivity contribution < 1.29 is 10.2 Å². The third-order valence-electron chi connectivity index (χ3n) is 3.23. The number of phenols is 2. The van der Waals surface area contributed by atoms with Gasteiger partial charge < -0.3 is 10.2 Å². The molecule has 0 fully saturated rings. The molecule has 88 valence electrons. The topological polar surface area (TPSA) is 40.5 Å². The van der Waals surface area contributed by atoms with Crippen molar-refractivity contribution in [2.75, 3.05) is 0 Å². The highest BCUT2D eigenvalue weighted by atomic mass is 16.3. The number of phenolic OH excluding ortho intramolecular Hbond substituents is 2. The minimum atomic E-state index is 0.173. The van der Waals surface area contributed by atoms with Gasteiger partial charge in [-0.2, -0.15) is 0 Å². The van der Waals surface area contributed by atoms with Crippen LogP contribution in [-0.4, -0.2) is 10.2 Å². The molecule has 0 amide bonds. The predicted octanol–water partition coefficient (Wildman–Crippen LogP) is 3.69. The first-order valence-corrected chi connectivity index (χ1v) is 5.61. The quantitative estimate of drug-likeness (QED) is 0.781. The number of hydrogen-bond donors (Lipinski definition) is 2. The number of hydrogen-bond acceptors (Lipinski definition) is 2. The summed E-state index contributed by atoms with van der Waals surface area (Å²) in [5.41, 5.74) is 4.08. The second-order valence-corrected chi connectivity index (χ2v) is 4.31. The monoisotopic (exact) mass is 228 g/mol. The van der Waals surface area contributed by atoms with Gasteiger partial charge in [0, 0.05) is 5.56 Å². The lowest BCUT2D eigenvalue weighted by atomic mass is 9.92. The summed E-state index contributed by atoms with van der Waals surface area (Å²) in [4.78, 5) is 0. The molecule has 0 saturated carbocycles. The van der Waals surface area contributed by atoms with Crippen LogP contribution in [0.4, 0.5) is 0 Å². The highest BCUT2D eigenvalue weighted by Gasteiger charge is 2.16. The maximum absolute atomic E-state index is 9.99. The van der Waals surface area contributed by atoms with E-state index in [1.54, 1.807) is 6.92 Å². The van der Waals surface area contributed by atoms with Crippen LogP contribution in [0.5, 0.6) is 11.5 Å². The van der Waals surface area contributed by atoms with E-state index >= 15 is 0 Å². The van der Waals surface area contributed by atoms with Gasteiger partial charge >= 0.3 is 0 Å². The predicted molar refractivity (Wildman–Crippen MR) is 69.4 cm³/mol. The van der Waals surface area contributed by atoms with Crippen molar-refractivity contribution in [3.05, 3.63) is 47.0 Å². The van der Waals surface area contributed by atoms with Crippen molar-refractivity contribution in [2.45, 2.75) is 20.8 Å². The molecule has 0 bridgehead atoms. The van der Waals surface area contributed by atoms with Gasteiger partial charge in [0.2, 0.25) is 0 Å². The minimum Gasteiger partial charge on any atom is -0.507 e. The third-order valence-corrected chi connectivity index (χ3v) is 3.23. The molecule has 2 aromatic rings. The smallest absolute Gasteiger partial charge is 0.125 e. The first-order chi connectivity index (χ1) is 8.04. The van der Waals surface area contributed by atoms with Crippen molar-refractivity contribution >= 4 is 0 Å². The molecule has 17 heavy (non-hydrogen) atoms. The number of aromatic hydroxyl groups is 2. The van der Waals surface area contributed by atoms with Gasteiger partial charge in [0.25, 0.3) is 0 Å². The van der Waals surface area contributed by atoms with Gasteiger partial charge in [0.1, 0.15) is 11.5 Å². The van der Waals surface area contributed by atoms with Crippen molar-refractivity contribution in [3.8, 4) is 22.6 Å². The normalized spacial score (nSPS) is 10.5. The van der Waals surface area contributed by atoms with Gasteiger partial charge in [0.05, 0.1) is 0 Å². The van der Waals surface area contributed by atoms with Crippen LogP contribution >= 0.6 is 0 Å². The zero-order chi connectivity index (χ0) is 12.6. The molecule has 0 aliphatic heterocycles. The Morgan fingerprint density at radius 3 is 1.65 bits per heavy atom. The molecule has 2 heteroatoms. The van der Waals surface area contributed by atoms with E-state index in [-0.39, 0.29) is 11.5 Å². The van der Waals surface area contributed by atoms with Crippen molar-refractivity contribution in [2.24, 2.45) is 0 Å². The summed E-state index contributed by atoms with van der Waals surface area (Å²) in [7, 11) is 0. The fourth-order valence-electron chi connectivity index (χ4n) is 2.23. The molecule has 0 atom stereocenters. The Bertz CT molecular complexity index is 528. The summed E-state index contributed by atoms with van der Waals surface area (Å²) in [6, 6.07) is 9.79. The van der Waals surface area contributed by atoms with E-state index in [2.05, 4.69) is 0 Å². The Kier molecular flexibility index (Phi) is 2.80. The molecule has 0 unspecified atom stereocenters. The molecule has 0 aliphatic carbocycles. The van der Waals surface area contributed by atoms with Crippen molar-refractivity contribution in [3.63, 3.8) is 0 Å². The molecule has 2 N–H and O–H groups in total. The zero-order valence-corrected chi connectivity index (χ0v) is 10.3. The summed E-state index contributed by atoms with van der Waals surface area (Å²) in [5.74, 6) is 0.346. The van der Waals surface area contributed by atoms with Gasteiger partial charge in [0.15, 0.2) is 0 Å². The largest absolute Gasteiger partial charge is 0.507 e. The second-order valence-electron chi connectivity index (χ2n) is 4.31. The van der Waals surface area contributed by atoms with Gasteiger partial charge in [-0.15, -0.1) is 0 Å². The minimum absolute atomic E-state index is 0.173. The van der Waals surface area contributed by atoms with E-state index in [1.165, 1.54) is 0 Å². The van der Waals surface area contributed by atoms with Gasteiger partial charge in [-0.05, 0) is 43.0 Å². The van der Waals surface area contributed by atoms with Crippen LogP contribution in [0, 0.1) is 20.8 Å². The summed E-state index contributed by atoms with van der Waals surface area (Å²) >= 11 is 0. The van der Waals surface area contributed by atoms with Crippen molar-refractivity contribution in [1.82, 2.24) is 0 Å². The maximum Gasteiger partial charge on any atom is 0.125 e. The highest BCUT2D eigenvalue weighted by Crippen LogP contribution is 2.41. The lowest BCUT2D eigenvalue weighted by Gasteiger charge is -2.16. The van der Waals surface area contributed by atoms with E-state index < -0.39 is 0 Å². The lowest BCUT2D eigenvalue weighted by Crippen LogP contribution is -1.93. The van der Waals surface area contributed by atoms with E-state index in [1.807, 2.05) is 44.2 Å². The summed E-state index contributed by atoms with van der Waals surface area (Å²) in [5, 5.41) is 20.0. The van der Waals surface area contributed by atoms with E-state index in [0.29, 0.717) is 5.56 Å². The molecular formula is C15H16O2. The van der Waals surface area contributed by atoms with Crippen molar-refractivity contribution in [1.29, 1.82) is 0 Å². The Morgan fingerprint density at radius 1 is 0.706 bits per heavy atom. The fraction of sp³-hybridized carbons (Fsp3) is 0.200. The van der Waals surface area contributed by atoms with Crippen LogP contribution in [0.3, 0.4) is 0 Å². The second kappa shape index (κ2) is 4.13. The zero-order valence-electron chi connectivity index (χ0n) is 10.3. The third kappa shape index (κ3) is 1.76. The Hall–Kier alpha value is -1.96. The van der Waals surface area contributed by atoms with Gasteiger partial charge in [-0.25, -0.2) is 0 Å².